The van der Waals surface area contributed by atoms with Gasteiger partial charge >= 0.3 is 0 Å². The minimum atomic E-state index is 0. The van der Waals surface area contributed by atoms with Gasteiger partial charge in [-0.15, -0.1) is 28.3 Å². The van der Waals surface area contributed by atoms with Crippen LogP contribution in [0.1, 0.15) is 30.3 Å². The first-order valence-electron chi connectivity index (χ1n) is 5.27. The van der Waals surface area contributed by atoms with Gasteiger partial charge in [0.1, 0.15) is 0 Å². The zero-order valence-corrected chi connectivity index (χ0v) is 11.5. The predicted molar refractivity (Wildman–Crippen MR) is 71.0 cm³/mol. The molecule has 0 radical (unpaired) electrons. The fourth-order valence-electron chi connectivity index (χ4n) is 1.92. The molecule has 2 rings (SSSR count). The van der Waals surface area contributed by atoms with Crippen LogP contribution in [-0.4, -0.2) is 17.6 Å². The number of nitrogens with one attached hydrogen (secondary N) is 1. The lowest BCUT2D eigenvalue weighted by Crippen LogP contribution is -2.34. The Hall–Kier alpha value is -0.130. The third kappa shape index (κ3) is 3.16. The highest BCUT2D eigenvalue weighted by Gasteiger charge is 2.21. The molecule has 3 N–H and O–H groups in total. The average Bonchev–Trinajstić information content (AvgIpc) is 2.54. The number of aryl methyl sites for hydroxylation is 1. The number of hydrogen-bond donors (Lipinski definition) is 2. The number of halogens is 1. The number of aromatic nitrogens is 1. The third-order valence-corrected chi connectivity index (χ3v) is 3.59. The summed E-state index contributed by atoms with van der Waals surface area (Å²) in [5.74, 6) is 0. The largest absolute Gasteiger partial charge is 0.375 e. The van der Waals surface area contributed by atoms with E-state index in [1.165, 1.54) is 23.4 Å². The van der Waals surface area contributed by atoms with Gasteiger partial charge in [0, 0.05) is 10.9 Å². The van der Waals surface area contributed by atoms with Gasteiger partial charge in [-0.05, 0) is 32.2 Å². The molecule has 0 spiro atoms. The summed E-state index contributed by atoms with van der Waals surface area (Å²) in [5, 5.41) is 4.29. The molecule has 0 saturated heterocycles. The van der Waals surface area contributed by atoms with Crippen LogP contribution < -0.4 is 11.1 Å². The molecule has 15 heavy (non-hydrogen) atoms. The van der Waals surface area contributed by atoms with E-state index in [2.05, 4.69) is 17.2 Å². The first-order chi connectivity index (χ1) is 6.79. The van der Waals surface area contributed by atoms with Crippen LogP contribution in [0.2, 0.25) is 0 Å². The van der Waals surface area contributed by atoms with Crippen LogP contribution in [0.25, 0.3) is 0 Å². The summed E-state index contributed by atoms with van der Waals surface area (Å²) in [7, 11) is 0. The third-order valence-electron chi connectivity index (χ3n) is 2.64. The SMILES string of the molecule is Br.CCCNC1CCc2nc(N)sc2C1. The number of rotatable bonds is 3. The molecule has 0 saturated carbocycles. The molecule has 86 valence electrons. The zero-order valence-electron chi connectivity index (χ0n) is 8.95. The molecule has 0 fully saturated rings. The first kappa shape index (κ1) is 12.9. The van der Waals surface area contributed by atoms with E-state index in [0.717, 1.165) is 24.5 Å². The Kier molecular flexibility index (Phi) is 5.02. The van der Waals surface area contributed by atoms with Crippen molar-refractivity contribution in [1.82, 2.24) is 10.3 Å². The molecule has 1 atom stereocenters. The number of fused-ring (bicyclic) bond motifs is 1. The zero-order chi connectivity index (χ0) is 9.97. The molecule has 1 aliphatic carbocycles. The topological polar surface area (TPSA) is 50.9 Å². The maximum atomic E-state index is 5.69. The van der Waals surface area contributed by atoms with Gasteiger partial charge in [0.25, 0.3) is 0 Å². The average molecular weight is 292 g/mol. The quantitative estimate of drug-likeness (QED) is 0.897. The van der Waals surface area contributed by atoms with Gasteiger partial charge in [-0.2, -0.15) is 0 Å². The van der Waals surface area contributed by atoms with Gasteiger partial charge in [0.15, 0.2) is 5.13 Å². The second kappa shape index (κ2) is 5.82. The van der Waals surface area contributed by atoms with Crippen LogP contribution in [0.4, 0.5) is 5.13 Å². The van der Waals surface area contributed by atoms with E-state index in [1.807, 2.05) is 0 Å². The van der Waals surface area contributed by atoms with Gasteiger partial charge in [-0.1, -0.05) is 6.92 Å². The second-order valence-electron chi connectivity index (χ2n) is 3.82. The van der Waals surface area contributed by atoms with Crippen LogP contribution >= 0.6 is 28.3 Å². The molecule has 0 aliphatic heterocycles. The maximum absolute atomic E-state index is 5.69. The van der Waals surface area contributed by atoms with Gasteiger partial charge < -0.3 is 11.1 Å². The molecule has 0 aromatic carbocycles. The highest BCUT2D eigenvalue weighted by Crippen LogP contribution is 2.27. The van der Waals surface area contributed by atoms with Crippen molar-refractivity contribution >= 4 is 33.4 Å². The minimum absolute atomic E-state index is 0. The molecule has 1 heterocycles. The van der Waals surface area contributed by atoms with E-state index >= 15 is 0 Å². The van der Waals surface area contributed by atoms with E-state index in [9.17, 15) is 0 Å². The van der Waals surface area contributed by atoms with Crippen molar-refractivity contribution in [2.24, 2.45) is 0 Å². The Labute approximate surface area is 105 Å². The molecule has 0 bridgehead atoms. The van der Waals surface area contributed by atoms with Gasteiger partial charge in [0.2, 0.25) is 0 Å². The molecule has 5 heteroatoms. The molecule has 0 amide bonds. The van der Waals surface area contributed by atoms with Crippen LogP contribution in [0, 0.1) is 0 Å². The molecular formula is C10H18BrN3S. The first-order valence-corrected chi connectivity index (χ1v) is 6.08. The summed E-state index contributed by atoms with van der Waals surface area (Å²) in [6.07, 6.45) is 4.61. The summed E-state index contributed by atoms with van der Waals surface area (Å²) in [6, 6.07) is 0.641. The van der Waals surface area contributed by atoms with Crippen LogP contribution in [0.5, 0.6) is 0 Å². The summed E-state index contributed by atoms with van der Waals surface area (Å²) in [4.78, 5) is 5.73. The molecular weight excluding hydrogens is 274 g/mol. The van der Waals surface area contributed by atoms with Crippen molar-refractivity contribution in [1.29, 1.82) is 0 Å². The van der Waals surface area contributed by atoms with E-state index in [1.54, 1.807) is 11.3 Å². The van der Waals surface area contributed by atoms with Crippen LogP contribution in [0.3, 0.4) is 0 Å². The van der Waals surface area contributed by atoms with Crippen molar-refractivity contribution < 1.29 is 0 Å². The molecule has 1 aromatic heterocycles. The Bertz CT molecular complexity index is 314. The monoisotopic (exact) mass is 291 g/mol. The number of hydrogen-bond acceptors (Lipinski definition) is 4. The van der Waals surface area contributed by atoms with Gasteiger partial charge in [-0.25, -0.2) is 4.98 Å². The molecule has 3 nitrogen and oxygen atoms in total. The predicted octanol–water partition coefficient (Wildman–Crippen LogP) is 2.16. The van der Waals surface area contributed by atoms with Crippen molar-refractivity contribution in [2.45, 2.75) is 38.6 Å². The summed E-state index contributed by atoms with van der Waals surface area (Å²) in [6.45, 7) is 3.32. The number of thiazole rings is 1. The number of nitrogen functional groups attached to an aromatic ring is 1. The molecule has 1 unspecified atom stereocenters. The number of anilines is 1. The number of nitrogens with zero attached hydrogens (tertiary/aromatic N) is 1. The van der Waals surface area contributed by atoms with E-state index in [4.69, 9.17) is 5.73 Å². The Morgan fingerprint density at radius 1 is 1.60 bits per heavy atom. The highest BCUT2D eigenvalue weighted by atomic mass is 79.9. The van der Waals surface area contributed by atoms with Crippen LogP contribution in [-0.2, 0) is 12.8 Å². The molecule has 1 aliphatic rings. The van der Waals surface area contributed by atoms with Crippen molar-refractivity contribution in [3.63, 3.8) is 0 Å². The standard InChI is InChI=1S/C10H17N3S.BrH/c1-2-5-12-7-3-4-8-9(6-7)14-10(11)13-8;/h7,12H,2-6H2,1H3,(H2,11,13);1H. The minimum Gasteiger partial charge on any atom is -0.375 e. The molecule has 1 aromatic rings. The Balaban J connectivity index is 0.00000112. The van der Waals surface area contributed by atoms with E-state index in [-0.39, 0.29) is 17.0 Å². The van der Waals surface area contributed by atoms with E-state index in [0.29, 0.717) is 6.04 Å². The summed E-state index contributed by atoms with van der Waals surface area (Å²) >= 11 is 1.65. The fourth-order valence-corrected chi connectivity index (χ4v) is 2.88. The lowest BCUT2D eigenvalue weighted by Gasteiger charge is -2.21. The highest BCUT2D eigenvalue weighted by molar-refractivity contribution is 8.93. The fraction of sp³-hybridized carbons (Fsp3) is 0.700. The van der Waals surface area contributed by atoms with Gasteiger partial charge in [-0.3, -0.25) is 0 Å². The van der Waals surface area contributed by atoms with Crippen molar-refractivity contribution in [2.75, 3.05) is 12.3 Å². The van der Waals surface area contributed by atoms with Crippen molar-refractivity contribution in [3.8, 4) is 0 Å². The lowest BCUT2D eigenvalue weighted by molar-refractivity contribution is 0.460. The lowest BCUT2D eigenvalue weighted by atomic mass is 9.98. The van der Waals surface area contributed by atoms with E-state index < -0.39 is 0 Å². The second-order valence-corrected chi connectivity index (χ2v) is 4.93. The summed E-state index contributed by atoms with van der Waals surface area (Å²) < 4.78 is 0. The Morgan fingerprint density at radius 3 is 3.13 bits per heavy atom. The maximum Gasteiger partial charge on any atom is 0.180 e. The summed E-state index contributed by atoms with van der Waals surface area (Å²) in [5.41, 5.74) is 6.93. The van der Waals surface area contributed by atoms with Crippen LogP contribution in [0.15, 0.2) is 0 Å². The van der Waals surface area contributed by atoms with Gasteiger partial charge in [0.05, 0.1) is 5.69 Å². The normalized spacial score (nSPS) is 19.4. The smallest absolute Gasteiger partial charge is 0.180 e. The Morgan fingerprint density at radius 2 is 2.40 bits per heavy atom. The number of nitrogens with two attached hydrogens (primary N) is 1. The van der Waals surface area contributed by atoms with Crippen molar-refractivity contribution in [3.05, 3.63) is 10.6 Å².